The Morgan fingerprint density at radius 3 is 2.57 bits per heavy atom. The molecule has 0 spiro atoms. The van der Waals surface area contributed by atoms with E-state index in [9.17, 15) is 4.79 Å². The Kier molecular flexibility index (Phi) is 5.19. The number of halogens is 1. The number of carbonyl (C=O) groups is 1. The first kappa shape index (κ1) is 14.9. The topological polar surface area (TPSA) is 64.9 Å². The molecule has 2 N–H and O–H groups in total. The number of para-hydroxylation sites is 1. The molecule has 0 unspecified atom stereocenters. The predicted molar refractivity (Wildman–Crippen MR) is 83.3 cm³/mol. The molecule has 0 saturated heterocycles. The van der Waals surface area contributed by atoms with E-state index in [-0.39, 0.29) is 6.03 Å². The fourth-order valence-electron chi connectivity index (χ4n) is 1.83. The summed E-state index contributed by atoms with van der Waals surface area (Å²) in [5.74, 6) is 0. The molecule has 21 heavy (non-hydrogen) atoms. The monoisotopic (exact) mass is 299 g/mol. The van der Waals surface area contributed by atoms with E-state index in [2.05, 4.69) is 10.6 Å². The lowest BCUT2D eigenvalue weighted by atomic mass is 10.1. The summed E-state index contributed by atoms with van der Waals surface area (Å²) in [6.07, 6.45) is 0.713. The number of nitriles is 1. The third kappa shape index (κ3) is 4.51. The number of benzene rings is 2. The maximum atomic E-state index is 11.8. The molecule has 0 heterocycles. The average molecular weight is 300 g/mol. The van der Waals surface area contributed by atoms with Crippen LogP contribution in [0.1, 0.15) is 11.1 Å². The van der Waals surface area contributed by atoms with Gasteiger partial charge in [-0.15, -0.1) is 0 Å². The molecule has 0 saturated carbocycles. The lowest BCUT2D eigenvalue weighted by Crippen LogP contribution is -2.30. The third-order valence-corrected chi connectivity index (χ3v) is 3.16. The molecule has 2 rings (SSSR count). The Bertz CT molecular complexity index is 662. The Morgan fingerprint density at radius 1 is 1.14 bits per heavy atom. The molecule has 4 nitrogen and oxygen atoms in total. The number of rotatable bonds is 4. The average Bonchev–Trinajstić information content (AvgIpc) is 2.50. The Labute approximate surface area is 128 Å². The van der Waals surface area contributed by atoms with Crippen molar-refractivity contribution in [3.8, 4) is 6.07 Å². The van der Waals surface area contributed by atoms with E-state index in [1.165, 1.54) is 0 Å². The van der Waals surface area contributed by atoms with Gasteiger partial charge < -0.3 is 10.6 Å². The molecular weight excluding hydrogens is 286 g/mol. The fourth-order valence-corrected chi connectivity index (χ4v) is 1.95. The van der Waals surface area contributed by atoms with Crippen molar-refractivity contribution in [1.82, 2.24) is 5.32 Å². The van der Waals surface area contributed by atoms with Crippen LogP contribution < -0.4 is 10.6 Å². The normalized spacial score (nSPS) is 9.71. The van der Waals surface area contributed by atoms with Crippen molar-refractivity contribution in [3.05, 3.63) is 64.7 Å². The van der Waals surface area contributed by atoms with Gasteiger partial charge >= 0.3 is 6.03 Å². The zero-order chi connectivity index (χ0) is 15.1. The van der Waals surface area contributed by atoms with Crippen molar-refractivity contribution in [2.45, 2.75) is 6.42 Å². The number of nitrogens with zero attached hydrogens (tertiary/aromatic N) is 1. The minimum Gasteiger partial charge on any atom is -0.338 e. The highest BCUT2D eigenvalue weighted by atomic mass is 35.5. The molecule has 5 heteroatoms. The number of carbonyl (C=O) groups excluding carboxylic acids is 1. The first-order valence-electron chi connectivity index (χ1n) is 6.47. The van der Waals surface area contributed by atoms with Gasteiger partial charge in [-0.1, -0.05) is 35.9 Å². The second-order valence-corrected chi connectivity index (χ2v) is 4.85. The Balaban J connectivity index is 1.82. The van der Waals surface area contributed by atoms with Crippen molar-refractivity contribution < 1.29 is 4.79 Å². The molecule has 0 bridgehead atoms. The van der Waals surface area contributed by atoms with Crippen molar-refractivity contribution in [2.24, 2.45) is 0 Å². The summed E-state index contributed by atoms with van der Waals surface area (Å²) < 4.78 is 0. The summed E-state index contributed by atoms with van der Waals surface area (Å²) in [6.45, 7) is 0.502. The molecule has 0 aliphatic carbocycles. The molecule has 106 valence electrons. The van der Waals surface area contributed by atoms with Gasteiger partial charge in [0.1, 0.15) is 6.07 Å². The molecule has 0 atom stereocenters. The molecule has 0 radical (unpaired) electrons. The van der Waals surface area contributed by atoms with Gasteiger partial charge in [0.05, 0.1) is 11.3 Å². The minimum atomic E-state index is -0.327. The number of urea groups is 1. The van der Waals surface area contributed by atoms with Crippen LogP contribution in [0.5, 0.6) is 0 Å². The Hall–Kier alpha value is -2.51. The number of nitrogens with one attached hydrogen (secondary N) is 2. The van der Waals surface area contributed by atoms with Crippen molar-refractivity contribution in [3.63, 3.8) is 0 Å². The van der Waals surface area contributed by atoms with Crippen molar-refractivity contribution >= 4 is 23.3 Å². The quantitative estimate of drug-likeness (QED) is 0.906. The van der Waals surface area contributed by atoms with Crippen LogP contribution in [0.4, 0.5) is 10.5 Å². The molecule has 2 aromatic rings. The number of hydrogen-bond acceptors (Lipinski definition) is 2. The van der Waals surface area contributed by atoms with Crippen molar-refractivity contribution in [2.75, 3.05) is 11.9 Å². The van der Waals surface area contributed by atoms with Crippen LogP contribution in [0.15, 0.2) is 48.5 Å². The lowest BCUT2D eigenvalue weighted by molar-refractivity contribution is 0.252. The van der Waals surface area contributed by atoms with Crippen LogP contribution in [0, 0.1) is 11.3 Å². The first-order chi connectivity index (χ1) is 10.2. The van der Waals surface area contributed by atoms with E-state index in [1.54, 1.807) is 24.3 Å². The fraction of sp³-hybridized carbons (Fsp3) is 0.125. The Morgan fingerprint density at radius 2 is 1.86 bits per heavy atom. The lowest BCUT2D eigenvalue weighted by Gasteiger charge is -2.08. The van der Waals surface area contributed by atoms with Gasteiger partial charge in [-0.2, -0.15) is 5.26 Å². The van der Waals surface area contributed by atoms with Gasteiger partial charge in [0.15, 0.2) is 0 Å². The van der Waals surface area contributed by atoms with Crippen LogP contribution in [-0.4, -0.2) is 12.6 Å². The summed E-state index contributed by atoms with van der Waals surface area (Å²) in [6, 6.07) is 16.1. The largest absolute Gasteiger partial charge is 0.338 e. The van der Waals surface area contributed by atoms with Crippen LogP contribution in [0.25, 0.3) is 0 Å². The second kappa shape index (κ2) is 7.32. The summed E-state index contributed by atoms with van der Waals surface area (Å²) >= 11 is 5.81. The zero-order valence-corrected chi connectivity index (χ0v) is 12.0. The molecular formula is C16H14ClN3O. The van der Waals surface area contributed by atoms with Crippen molar-refractivity contribution in [1.29, 1.82) is 5.26 Å². The SMILES string of the molecule is N#Cc1ccccc1NC(=O)NCCc1ccc(Cl)cc1. The molecule has 2 amide bonds. The van der Waals surface area contributed by atoms with Crippen LogP contribution in [0.3, 0.4) is 0 Å². The number of anilines is 1. The van der Waals surface area contributed by atoms with Crippen LogP contribution in [-0.2, 0) is 6.42 Å². The molecule has 2 aromatic carbocycles. The van der Waals surface area contributed by atoms with Gasteiger partial charge in [0, 0.05) is 11.6 Å². The standard InChI is InChI=1S/C16H14ClN3O/c17-14-7-5-12(6-8-14)9-10-19-16(21)20-15-4-2-1-3-13(15)11-18/h1-8H,9-10H2,(H2,19,20,21). The highest BCUT2D eigenvalue weighted by molar-refractivity contribution is 6.30. The summed E-state index contributed by atoms with van der Waals surface area (Å²) in [4.78, 5) is 11.8. The van der Waals surface area contributed by atoms with E-state index in [0.717, 1.165) is 5.56 Å². The summed E-state index contributed by atoms with van der Waals surface area (Å²) in [5, 5.41) is 15.1. The van der Waals surface area contributed by atoms with Gasteiger partial charge in [-0.25, -0.2) is 4.79 Å². The summed E-state index contributed by atoms with van der Waals surface area (Å²) in [5.41, 5.74) is 2.03. The maximum absolute atomic E-state index is 11.8. The predicted octanol–water partition coefficient (Wildman–Crippen LogP) is 3.58. The highest BCUT2D eigenvalue weighted by Gasteiger charge is 2.05. The second-order valence-electron chi connectivity index (χ2n) is 4.41. The van der Waals surface area contributed by atoms with E-state index < -0.39 is 0 Å². The zero-order valence-electron chi connectivity index (χ0n) is 11.3. The molecule has 0 aliphatic heterocycles. The summed E-state index contributed by atoms with van der Waals surface area (Å²) in [7, 11) is 0. The van der Waals surface area contributed by atoms with Gasteiger partial charge in [0.2, 0.25) is 0 Å². The first-order valence-corrected chi connectivity index (χ1v) is 6.85. The van der Waals surface area contributed by atoms with E-state index >= 15 is 0 Å². The van der Waals surface area contributed by atoms with Crippen LogP contribution >= 0.6 is 11.6 Å². The highest BCUT2D eigenvalue weighted by Crippen LogP contribution is 2.13. The number of amides is 2. The van der Waals surface area contributed by atoms with Gasteiger partial charge in [-0.05, 0) is 36.2 Å². The smallest absolute Gasteiger partial charge is 0.319 e. The van der Waals surface area contributed by atoms with Crippen LogP contribution in [0.2, 0.25) is 5.02 Å². The number of hydrogen-bond donors (Lipinski definition) is 2. The van der Waals surface area contributed by atoms with E-state index in [4.69, 9.17) is 16.9 Å². The third-order valence-electron chi connectivity index (χ3n) is 2.91. The maximum Gasteiger partial charge on any atom is 0.319 e. The molecule has 0 aliphatic rings. The van der Waals surface area contributed by atoms with Gasteiger partial charge in [-0.3, -0.25) is 0 Å². The molecule has 0 fully saturated rings. The minimum absolute atomic E-state index is 0.327. The molecule has 0 aromatic heterocycles. The van der Waals surface area contributed by atoms with Gasteiger partial charge in [0.25, 0.3) is 0 Å². The van der Waals surface area contributed by atoms with E-state index in [0.29, 0.717) is 29.2 Å². The van der Waals surface area contributed by atoms with E-state index in [1.807, 2.05) is 30.3 Å².